The van der Waals surface area contributed by atoms with Gasteiger partial charge in [-0.25, -0.2) is 4.39 Å². The van der Waals surface area contributed by atoms with Gasteiger partial charge < -0.3 is 10.2 Å². The first-order valence-corrected chi connectivity index (χ1v) is 8.14. The number of alkyl halides is 1. The van der Waals surface area contributed by atoms with Crippen molar-refractivity contribution in [2.45, 2.75) is 52.4 Å². The van der Waals surface area contributed by atoms with Gasteiger partial charge in [-0.15, -0.1) is 0 Å². The van der Waals surface area contributed by atoms with Crippen molar-refractivity contribution in [2.24, 2.45) is 11.8 Å². The number of halogens is 1. The van der Waals surface area contributed by atoms with E-state index in [1.165, 1.54) is 0 Å². The van der Waals surface area contributed by atoms with Crippen LogP contribution in [0.5, 0.6) is 0 Å². The SMILES string of the molecule is CC(C)[C@@H]1C(CN2CCNCC2)[C@@H](F)CN1C(C)(C)C. The molecular formula is C16H32FN3. The number of piperazine rings is 1. The quantitative estimate of drug-likeness (QED) is 0.855. The monoisotopic (exact) mass is 285 g/mol. The lowest BCUT2D eigenvalue weighted by Gasteiger charge is -2.41. The Labute approximate surface area is 123 Å². The van der Waals surface area contributed by atoms with Crippen LogP contribution in [-0.4, -0.2) is 66.8 Å². The van der Waals surface area contributed by atoms with E-state index in [4.69, 9.17) is 0 Å². The molecule has 118 valence electrons. The molecular weight excluding hydrogens is 253 g/mol. The second-order valence-corrected chi connectivity index (χ2v) is 7.79. The normalized spacial score (nSPS) is 34.0. The number of nitrogens with zero attached hydrogens (tertiary/aromatic N) is 2. The summed E-state index contributed by atoms with van der Waals surface area (Å²) in [7, 11) is 0. The van der Waals surface area contributed by atoms with Crippen LogP contribution in [0.1, 0.15) is 34.6 Å². The summed E-state index contributed by atoms with van der Waals surface area (Å²) < 4.78 is 14.6. The maximum atomic E-state index is 14.6. The molecule has 2 heterocycles. The number of nitrogens with one attached hydrogen (secondary N) is 1. The zero-order valence-corrected chi connectivity index (χ0v) is 13.8. The number of hydrogen-bond acceptors (Lipinski definition) is 3. The Morgan fingerprint density at radius 1 is 1.20 bits per heavy atom. The van der Waals surface area contributed by atoms with E-state index >= 15 is 0 Å². The second kappa shape index (κ2) is 6.29. The lowest BCUT2D eigenvalue weighted by Crippen LogP contribution is -2.51. The largest absolute Gasteiger partial charge is 0.314 e. The molecule has 2 rings (SSSR count). The van der Waals surface area contributed by atoms with Gasteiger partial charge in [-0.3, -0.25) is 4.90 Å². The molecule has 0 aliphatic carbocycles. The van der Waals surface area contributed by atoms with Crippen LogP contribution in [0.4, 0.5) is 4.39 Å². The van der Waals surface area contributed by atoms with E-state index in [0.717, 1.165) is 32.7 Å². The Morgan fingerprint density at radius 2 is 1.80 bits per heavy atom. The van der Waals surface area contributed by atoms with Gasteiger partial charge in [-0.2, -0.15) is 0 Å². The molecule has 0 amide bonds. The van der Waals surface area contributed by atoms with Crippen molar-refractivity contribution in [1.82, 2.24) is 15.1 Å². The lowest BCUT2D eigenvalue weighted by atomic mass is 9.88. The highest BCUT2D eigenvalue weighted by molar-refractivity contribution is 5.00. The molecule has 3 nitrogen and oxygen atoms in total. The number of likely N-dealkylation sites (tertiary alicyclic amines) is 1. The fourth-order valence-electron chi connectivity index (χ4n) is 3.88. The van der Waals surface area contributed by atoms with Crippen LogP contribution in [0.2, 0.25) is 0 Å². The molecule has 2 fully saturated rings. The molecule has 20 heavy (non-hydrogen) atoms. The minimum Gasteiger partial charge on any atom is -0.314 e. The predicted molar refractivity (Wildman–Crippen MR) is 82.8 cm³/mol. The standard InChI is InChI=1S/C16H32FN3/c1-12(2)15-13(10-19-8-6-18-7-9-19)14(17)11-20(15)16(3,4)5/h12-15,18H,6-11H2,1-5H3/t13?,14-,15+/m0/s1. The van der Waals surface area contributed by atoms with Crippen LogP contribution in [-0.2, 0) is 0 Å². The highest BCUT2D eigenvalue weighted by atomic mass is 19.1. The molecule has 2 aliphatic rings. The summed E-state index contributed by atoms with van der Waals surface area (Å²) in [6, 6.07) is 0.361. The molecule has 0 aromatic carbocycles. The summed E-state index contributed by atoms with van der Waals surface area (Å²) in [5.74, 6) is 0.662. The van der Waals surface area contributed by atoms with Crippen molar-refractivity contribution in [3.05, 3.63) is 0 Å². The van der Waals surface area contributed by atoms with Gasteiger partial charge in [0.25, 0.3) is 0 Å². The third-order valence-corrected chi connectivity index (χ3v) is 4.86. The zero-order valence-electron chi connectivity index (χ0n) is 13.8. The topological polar surface area (TPSA) is 18.5 Å². The van der Waals surface area contributed by atoms with Crippen LogP contribution >= 0.6 is 0 Å². The molecule has 0 bridgehead atoms. The van der Waals surface area contributed by atoms with Gasteiger partial charge in [0.2, 0.25) is 0 Å². The van der Waals surface area contributed by atoms with E-state index in [0.29, 0.717) is 18.5 Å². The molecule has 0 spiro atoms. The molecule has 0 radical (unpaired) electrons. The van der Waals surface area contributed by atoms with Crippen molar-refractivity contribution in [3.63, 3.8) is 0 Å². The van der Waals surface area contributed by atoms with E-state index in [1.54, 1.807) is 0 Å². The van der Waals surface area contributed by atoms with Crippen LogP contribution in [0.3, 0.4) is 0 Å². The first-order valence-electron chi connectivity index (χ1n) is 8.14. The molecule has 3 atom stereocenters. The summed E-state index contributed by atoms with van der Waals surface area (Å²) >= 11 is 0. The second-order valence-electron chi connectivity index (χ2n) is 7.79. The Kier molecular flexibility index (Phi) is 5.09. The van der Waals surface area contributed by atoms with Gasteiger partial charge in [0.1, 0.15) is 6.17 Å². The average Bonchev–Trinajstić information content (AvgIpc) is 2.68. The van der Waals surface area contributed by atoms with E-state index in [9.17, 15) is 4.39 Å². The maximum absolute atomic E-state index is 14.6. The molecule has 0 aromatic rings. The summed E-state index contributed by atoms with van der Waals surface area (Å²) in [5, 5.41) is 3.37. The van der Waals surface area contributed by atoms with Crippen molar-refractivity contribution in [1.29, 1.82) is 0 Å². The fraction of sp³-hybridized carbons (Fsp3) is 1.00. The van der Waals surface area contributed by atoms with Gasteiger partial charge in [-0.05, 0) is 26.7 Å². The molecule has 1 N–H and O–H groups in total. The smallest absolute Gasteiger partial charge is 0.118 e. The van der Waals surface area contributed by atoms with Crippen molar-refractivity contribution in [3.8, 4) is 0 Å². The maximum Gasteiger partial charge on any atom is 0.118 e. The van der Waals surface area contributed by atoms with Crippen molar-refractivity contribution in [2.75, 3.05) is 39.3 Å². The minimum atomic E-state index is -0.684. The third-order valence-electron chi connectivity index (χ3n) is 4.86. The van der Waals surface area contributed by atoms with E-state index < -0.39 is 6.17 Å². The van der Waals surface area contributed by atoms with Gasteiger partial charge in [-0.1, -0.05) is 13.8 Å². The lowest BCUT2D eigenvalue weighted by molar-refractivity contribution is 0.0670. The van der Waals surface area contributed by atoms with Crippen molar-refractivity contribution >= 4 is 0 Å². The molecule has 2 aliphatic heterocycles. The zero-order chi connectivity index (χ0) is 14.9. The van der Waals surface area contributed by atoms with Crippen LogP contribution in [0, 0.1) is 11.8 Å². The number of rotatable bonds is 3. The number of hydrogen-bond donors (Lipinski definition) is 1. The fourth-order valence-corrected chi connectivity index (χ4v) is 3.88. The van der Waals surface area contributed by atoms with E-state index in [-0.39, 0.29) is 11.5 Å². The first kappa shape index (κ1) is 16.2. The highest BCUT2D eigenvalue weighted by Crippen LogP contribution is 2.37. The Bertz CT molecular complexity index is 307. The molecule has 4 heteroatoms. The Morgan fingerprint density at radius 3 is 2.30 bits per heavy atom. The van der Waals surface area contributed by atoms with Crippen LogP contribution in [0.15, 0.2) is 0 Å². The van der Waals surface area contributed by atoms with Crippen LogP contribution < -0.4 is 5.32 Å². The van der Waals surface area contributed by atoms with E-state index in [1.807, 2.05) is 0 Å². The Hall–Kier alpha value is -0.190. The van der Waals surface area contributed by atoms with Gasteiger partial charge >= 0.3 is 0 Å². The van der Waals surface area contributed by atoms with Crippen LogP contribution in [0.25, 0.3) is 0 Å². The van der Waals surface area contributed by atoms with Gasteiger partial charge in [0, 0.05) is 56.8 Å². The summed E-state index contributed by atoms with van der Waals surface area (Å²) in [5.41, 5.74) is 0.0531. The van der Waals surface area contributed by atoms with Gasteiger partial charge in [0.15, 0.2) is 0 Å². The third kappa shape index (κ3) is 3.52. The predicted octanol–water partition coefficient (Wildman–Crippen LogP) is 1.98. The molecule has 0 saturated carbocycles. The summed E-state index contributed by atoms with van der Waals surface area (Å²) in [4.78, 5) is 4.84. The highest BCUT2D eigenvalue weighted by Gasteiger charge is 2.47. The Balaban J connectivity index is 2.09. The molecule has 2 saturated heterocycles. The first-order chi connectivity index (χ1) is 9.30. The molecule has 1 unspecified atom stereocenters. The summed E-state index contributed by atoms with van der Waals surface area (Å²) in [6.45, 7) is 16.8. The average molecular weight is 285 g/mol. The summed E-state index contributed by atoms with van der Waals surface area (Å²) in [6.07, 6.45) is -0.684. The van der Waals surface area contributed by atoms with Crippen molar-refractivity contribution < 1.29 is 4.39 Å². The molecule has 0 aromatic heterocycles. The van der Waals surface area contributed by atoms with Gasteiger partial charge in [0.05, 0.1) is 0 Å². The minimum absolute atomic E-state index is 0.0531. The van der Waals surface area contributed by atoms with E-state index in [2.05, 4.69) is 49.7 Å².